The molecule has 0 heterocycles. The van der Waals surface area contributed by atoms with Gasteiger partial charge in [-0.3, -0.25) is 4.79 Å². The van der Waals surface area contributed by atoms with E-state index in [-0.39, 0.29) is 11.7 Å². The normalized spacial score (nSPS) is 18.6. The molecular weight excluding hydrogens is 222 g/mol. The third-order valence-electron chi connectivity index (χ3n) is 3.40. The highest BCUT2D eigenvalue weighted by Crippen LogP contribution is 2.42. The standard InChI is InChI=1S/C11H21N3O3/c1-14(7-4-8-17-2)10(15)11(5-3-6-11)9(12)13-16/h16H,3-8H2,1-2H3,(H2,12,13). The van der Waals surface area contributed by atoms with E-state index >= 15 is 0 Å². The molecule has 0 unspecified atom stereocenters. The van der Waals surface area contributed by atoms with Gasteiger partial charge in [0.1, 0.15) is 5.41 Å². The predicted octanol–water partition coefficient (Wildman–Crippen LogP) is 0.398. The summed E-state index contributed by atoms with van der Waals surface area (Å²) < 4.78 is 4.94. The van der Waals surface area contributed by atoms with Crippen LogP contribution in [0, 0.1) is 5.41 Å². The molecule has 98 valence electrons. The minimum absolute atomic E-state index is 0.0346. The Labute approximate surface area is 101 Å². The lowest BCUT2D eigenvalue weighted by Gasteiger charge is -2.41. The SMILES string of the molecule is COCCCN(C)C(=O)C1(C(N)=NO)CCC1. The van der Waals surface area contributed by atoms with Crippen LogP contribution < -0.4 is 5.73 Å². The molecule has 1 fully saturated rings. The summed E-state index contributed by atoms with van der Waals surface area (Å²) in [4.78, 5) is 13.9. The van der Waals surface area contributed by atoms with Crippen molar-refractivity contribution in [3.63, 3.8) is 0 Å². The van der Waals surface area contributed by atoms with Crippen molar-refractivity contribution in [2.75, 3.05) is 27.3 Å². The van der Waals surface area contributed by atoms with Crippen LogP contribution in [0.2, 0.25) is 0 Å². The predicted molar refractivity (Wildman–Crippen MR) is 63.8 cm³/mol. The highest BCUT2D eigenvalue weighted by atomic mass is 16.5. The third kappa shape index (κ3) is 2.69. The van der Waals surface area contributed by atoms with Gasteiger partial charge in [0.15, 0.2) is 5.84 Å². The molecule has 0 bridgehead atoms. The summed E-state index contributed by atoms with van der Waals surface area (Å²) in [6.45, 7) is 1.24. The molecule has 0 saturated heterocycles. The molecule has 0 aromatic heterocycles. The number of carbonyl (C=O) groups is 1. The lowest BCUT2D eigenvalue weighted by atomic mass is 9.67. The first-order valence-electron chi connectivity index (χ1n) is 5.81. The average molecular weight is 243 g/mol. The largest absolute Gasteiger partial charge is 0.409 e. The number of rotatable bonds is 6. The number of amidine groups is 1. The van der Waals surface area contributed by atoms with Gasteiger partial charge < -0.3 is 20.6 Å². The lowest BCUT2D eigenvalue weighted by Crippen LogP contribution is -2.54. The van der Waals surface area contributed by atoms with Crippen molar-refractivity contribution in [1.82, 2.24) is 4.90 Å². The van der Waals surface area contributed by atoms with Gasteiger partial charge in [-0.1, -0.05) is 11.6 Å². The van der Waals surface area contributed by atoms with E-state index in [1.807, 2.05) is 0 Å². The minimum atomic E-state index is -0.767. The van der Waals surface area contributed by atoms with E-state index in [2.05, 4.69) is 5.16 Å². The second-order valence-electron chi connectivity index (χ2n) is 4.49. The number of nitrogens with two attached hydrogens (primary N) is 1. The third-order valence-corrected chi connectivity index (χ3v) is 3.40. The van der Waals surface area contributed by atoms with E-state index in [9.17, 15) is 4.79 Å². The number of hydrogen-bond acceptors (Lipinski definition) is 4. The van der Waals surface area contributed by atoms with Gasteiger partial charge in [-0.25, -0.2) is 0 Å². The van der Waals surface area contributed by atoms with Gasteiger partial charge in [0.2, 0.25) is 5.91 Å². The molecule has 0 aromatic rings. The summed E-state index contributed by atoms with van der Waals surface area (Å²) in [6.07, 6.45) is 3.05. The molecule has 1 rings (SSSR count). The van der Waals surface area contributed by atoms with Crippen molar-refractivity contribution in [1.29, 1.82) is 0 Å². The van der Waals surface area contributed by atoms with Crippen molar-refractivity contribution < 1.29 is 14.7 Å². The molecule has 0 radical (unpaired) electrons. The maximum absolute atomic E-state index is 12.3. The Morgan fingerprint density at radius 1 is 1.59 bits per heavy atom. The van der Waals surface area contributed by atoms with E-state index in [0.717, 1.165) is 12.8 Å². The van der Waals surface area contributed by atoms with Crippen LogP contribution in [-0.2, 0) is 9.53 Å². The molecule has 1 amide bonds. The van der Waals surface area contributed by atoms with E-state index in [0.29, 0.717) is 26.0 Å². The first-order valence-corrected chi connectivity index (χ1v) is 5.81. The molecule has 0 atom stereocenters. The fourth-order valence-electron chi connectivity index (χ4n) is 2.12. The van der Waals surface area contributed by atoms with Crippen LogP contribution in [0.25, 0.3) is 0 Å². The van der Waals surface area contributed by atoms with Crippen LogP contribution in [0.5, 0.6) is 0 Å². The Hall–Kier alpha value is -1.30. The molecule has 0 aliphatic heterocycles. The Morgan fingerprint density at radius 3 is 2.65 bits per heavy atom. The molecular formula is C11H21N3O3. The maximum atomic E-state index is 12.3. The number of oxime groups is 1. The molecule has 6 nitrogen and oxygen atoms in total. The fraction of sp³-hybridized carbons (Fsp3) is 0.818. The van der Waals surface area contributed by atoms with Crippen molar-refractivity contribution in [3.8, 4) is 0 Å². The van der Waals surface area contributed by atoms with E-state index < -0.39 is 5.41 Å². The fourth-order valence-corrected chi connectivity index (χ4v) is 2.12. The Balaban J connectivity index is 2.60. The van der Waals surface area contributed by atoms with Crippen LogP contribution in [0.4, 0.5) is 0 Å². The molecule has 1 saturated carbocycles. The first-order chi connectivity index (χ1) is 8.08. The molecule has 6 heteroatoms. The number of nitrogens with zero attached hydrogens (tertiary/aromatic N) is 2. The number of carbonyl (C=O) groups excluding carboxylic acids is 1. The molecule has 17 heavy (non-hydrogen) atoms. The number of amides is 1. The van der Waals surface area contributed by atoms with Crippen LogP contribution >= 0.6 is 0 Å². The smallest absolute Gasteiger partial charge is 0.236 e. The molecule has 0 spiro atoms. The second-order valence-corrected chi connectivity index (χ2v) is 4.49. The van der Waals surface area contributed by atoms with Crippen LogP contribution in [-0.4, -0.2) is 49.2 Å². The Kier molecular flexibility index (Phi) is 4.74. The van der Waals surface area contributed by atoms with Crippen molar-refractivity contribution in [2.45, 2.75) is 25.7 Å². The van der Waals surface area contributed by atoms with Gasteiger partial charge in [0.25, 0.3) is 0 Å². The van der Waals surface area contributed by atoms with E-state index in [1.165, 1.54) is 0 Å². The first kappa shape index (κ1) is 13.8. The summed E-state index contributed by atoms with van der Waals surface area (Å²) in [5.74, 6) is -0.0255. The number of hydrogen-bond donors (Lipinski definition) is 2. The molecule has 3 N–H and O–H groups in total. The van der Waals surface area contributed by atoms with Crippen LogP contribution in [0.15, 0.2) is 5.16 Å². The van der Waals surface area contributed by atoms with Gasteiger partial charge >= 0.3 is 0 Å². The zero-order valence-electron chi connectivity index (χ0n) is 10.5. The van der Waals surface area contributed by atoms with Crippen molar-refractivity contribution in [3.05, 3.63) is 0 Å². The Morgan fingerprint density at radius 2 is 2.24 bits per heavy atom. The average Bonchev–Trinajstić information content (AvgIpc) is 2.27. The molecule has 1 aliphatic rings. The highest BCUT2D eigenvalue weighted by molar-refractivity contribution is 6.07. The monoisotopic (exact) mass is 243 g/mol. The minimum Gasteiger partial charge on any atom is -0.409 e. The zero-order valence-corrected chi connectivity index (χ0v) is 10.5. The molecule has 1 aliphatic carbocycles. The van der Waals surface area contributed by atoms with Crippen molar-refractivity contribution in [2.24, 2.45) is 16.3 Å². The van der Waals surface area contributed by atoms with E-state index in [4.69, 9.17) is 15.7 Å². The molecule has 0 aromatic carbocycles. The quantitative estimate of drug-likeness (QED) is 0.232. The summed E-state index contributed by atoms with van der Waals surface area (Å²) in [7, 11) is 3.37. The van der Waals surface area contributed by atoms with Gasteiger partial charge in [0, 0.05) is 27.3 Å². The van der Waals surface area contributed by atoms with Gasteiger partial charge in [-0.05, 0) is 19.3 Å². The van der Waals surface area contributed by atoms with Crippen molar-refractivity contribution >= 4 is 11.7 Å². The number of methoxy groups -OCH3 is 1. The van der Waals surface area contributed by atoms with Gasteiger partial charge in [-0.2, -0.15) is 0 Å². The summed E-state index contributed by atoms with van der Waals surface area (Å²) in [5.41, 5.74) is 4.87. The number of ether oxygens (including phenoxy) is 1. The lowest BCUT2D eigenvalue weighted by molar-refractivity contribution is -0.141. The highest BCUT2D eigenvalue weighted by Gasteiger charge is 2.49. The summed E-state index contributed by atoms with van der Waals surface area (Å²) in [5, 5.41) is 11.8. The van der Waals surface area contributed by atoms with Crippen LogP contribution in [0.1, 0.15) is 25.7 Å². The summed E-state index contributed by atoms with van der Waals surface area (Å²) in [6, 6.07) is 0. The Bertz CT molecular complexity index is 300. The van der Waals surface area contributed by atoms with Crippen LogP contribution in [0.3, 0.4) is 0 Å². The maximum Gasteiger partial charge on any atom is 0.236 e. The van der Waals surface area contributed by atoms with Gasteiger partial charge in [0.05, 0.1) is 0 Å². The summed E-state index contributed by atoms with van der Waals surface area (Å²) >= 11 is 0. The zero-order chi connectivity index (χ0) is 12.9. The second kappa shape index (κ2) is 5.86. The van der Waals surface area contributed by atoms with E-state index in [1.54, 1.807) is 19.1 Å². The topological polar surface area (TPSA) is 88.2 Å². The van der Waals surface area contributed by atoms with Gasteiger partial charge in [-0.15, -0.1) is 0 Å².